The third-order valence-corrected chi connectivity index (χ3v) is 2.43. The van der Waals surface area contributed by atoms with Crippen molar-refractivity contribution >= 4 is 11.7 Å². The molecule has 5 nitrogen and oxygen atoms in total. The Labute approximate surface area is 102 Å². The first kappa shape index (κ1) is 13.8. The van der Waals surface area contributed by atoms with Gasteiger partial charge < -0.3 is 5.32 Å². The van der Waals surface area contributed by atoms with Gasteiger partial charge in [0.1, 0.15) is 0 Å². The van der Waals surface area contributed by atoms with Crippen molar-refractivity contribution in [3.8, 4) is 0 Å². The van der Waals surface area contributed by atoms with Crippen LogP contribution >= 0.6 is 0 Å². The molecule has 0 aromatic rings. The molecule has 1 N–H and O–H groups in total. The van der Waals surface area contributed by atoms with Crippen LogP contribution in [0.2, 0.25) is 0 Å². The van der Waals surface area contributed by atoms with Crippen LogP contribution in [0.15, 0.2) is 10.2 Å². The van der Waals surface area contributed by atoms with E-state index in [1.165, 1.54) is 0 Å². The van der Waals surface area contributed by atoms with Gasteiger partial charge in [0, 0.05) is 0 Å². The average molecular weight is 239 g/mol. The van der Waals surface area contributed by atoms with Crippen LogP contribution in [0.4, 0.5) is 0 Å². The van der Waals surface area contributed by atoms with E-state index in [0.717, 1.165) is 0 Å². The molecule has 0 aromatic heterocycles. The molecule has 1 rings (SSSR count). The number of azo groups is 1. The molecule has 96 valence electrons. The Morgan fingerprint density at radius 2 is 1.59 bits per heavy atom. The number of carbonyl (C=O) groups excluding carboxylic acids is 2. The highest BCUT2D eigenvalue weighted by Crippen LogP contribution is 2.26. The van der Waals surface area contributed by atoms with E-state index in [1.54, 1.807) is 0 Å². The Balaban J connectivity index is 2.88. The van der Waals surface area contributed by atoms with E-state index in [0.29, 0.717) is 0 Å². The normalized spacial score (nSPS) is 26.7. The second-order valence-electron chi connectivity index (χ2n) is 6.50. The number of nitrogens with zero attached hydrogens (tertiary/aromatic N) is 2. The second kappa shape index (κ2) is 4.20. The number of Topliss-reactive ketones (excluding diaryl/α,β-unsaturated/α-hetero) is 1. The maximum Gasteiger partial charge on any atom is 0.255 e. The van der Waals surface area contributed by atoms with E-state index < -0.39 is 12.1 Å². The molecule has 0 aromatic carbocycles. The molecule has 0 spiro atoms. The molecular formula is C12H21N3O2. The molecule has 0 saturated carbocycles. The highest BCUT2D eigenvalue weighted by Gasteiger charge is 2.46. The van der Waals surface area contributed by atoms with E-state index in [1.807, 2.05) is 41.5 Å². The number of amides is 1. The second-order valence-corrected chi connectivity index (χ2v) is 6.50. The molecule has 2 atom stereocenters. The first-order valence-electron chi connectivity index (χ1n) is 5.78. The van der Waals surface area contributed by atoms with Gasteiger partial charge in [0.2, 0.25) is 6.04 Å². The molecule has 1 aliphatic rings. The fourth-order valence-electron chi connectivity index (χ4n) is 1.56. The molecule has 0 radical (unpaired) electrons. The van der Waals surface area contributed by atoms with Crippen LogP contribution in [0, 0.1) is 5.41 Å². The molecule has 2 unspecified atom stereocenters. The fraction of sp³-hybridized carbons (Fsp3) is 0.833. The Kier molecular flexibility index (Phi) is 3.41. The molecule has 1 fully saturated rings. The molecule has 1 saturated heterocycles. The van der Waals surface area contributed by atoms with Crippen LogP contribution in [0.25, 0.3) is 0 Å². The Morgan fingerprint density at radius 3 is 1.94 bits per heavy atom. The van der Waals surface area contributed by atoms with Crippen molar-refractivity contribution in [3.63, 3.8) is 0 Å². The first-order valence-corrected chi connectivity index (χ1v) is 5.78. The zero-order valence-electron chi connectivity index (χ0n) is 11.4. The smallest absolute Gasteiger partial charge is 0.255 e. The fourth-order valence-corrected chi connectivity index (χ4v) is 1.56. The van der Waals surface area contributed by atoms with Crippen molar-refractivity contribution in [1.82, 2.24) is 5.32 Å². The SMILES string of the molecule is CC(C)(C)N=NC1C(=O)NC(C(C)(C)C)C1=O. The highest BCUT2D eigenvalue weighted by molar-refractivity contribution is 6.14. The van der Waals surface area contributed by atoms with Crippen molar-refractivity contribution in [2.75, 3.05) is 0 Å². The standard InChI is InChI=1S/C12H21N3O2/c1-11(2,3)9-8(16)7(10(17)13-9)14-15-12(4,5)6/h7,9H,1-6H3,(H,13,17). The quantitative estimate of drug-likeness (QED) is 0.559. The summed E-state index contributed by atoms with van der Waals surface area (Å²) >= 11 is 0. The van der Waals surface area contributed by atoms with Gasteiger partial charge in [-0.3, -0.25) is 9.59 Å². The lowest BCUT2D eigenvalue weighted by molar-refractivity contribution is -0.124. The van der Waals surface area contributed by atoms with Crippen LogP contribution < -0.4 is 5.32 Å². The average Bonchev–Trinajstić information content (AvgIpc) is 2.37. The maximum atomic E-state index is 12.0. The topological polar surface area (TPSA) is 70.9 Å². The van der Waals surface area contributed by atoms with Crippen molar-refractivity contribution in [3.05, 3.63) is 0 Å². The molecule has 1 amide bonds. The van der Waals surface area contributed by atoms with Crippen LogP contribution in [0.3, 0.4) is 0 Å². The number of rotatable bonds is 1. The number of ketones is 1. The zero-order chi connectivity index (χ0) is 13.4. The summed E-state index contributed by atoms with van der Waals surface area (Å²) < 4.78 is 0. The number of hydrogen-bond donors (Lipinski definition) is 1. The summed E-state index contributed by atoms with van der Waals surface area (Å²) in [4.78, 5) is 23.7. The third-order valence-electron chi connectivity index (χ3n) is 2.43. The van der Waals surface area contributed by atoms with Crippen LogP contribution in [0.1, 0.15) is 41.5 Å². The zero-order valence-corrected chi connectivity index (χ0v) is 11.4. The number of nitrogens with one attached hydrogen (secondary N) is 1. The molecular weight excluding hydrogens is 218 g/mol. The van der Waals surface area contributed by atoms with Gasteiger partial charge in [0.25, 0.3) is 5.91 Å². The third kappa shape index (κ3) is 3.35. The van der Waals surface area contributed by atoms with E-state index in [4.69, 9.17) is 0 Å². The van der Waals surface area contributed by atoms with Gasteiger partial charge in [0.15, 0.2) is 5.78 Å². The van der Waals surface area contributed by atoms with Gasteiger partial charge in [-0.15, -0.1) is 0 Å². The number of hydrogen-bond acceptors (Lipinski definition) is 4. The van der Waals surface area contributed by atoms with E-state index in [-0.39, 0.29) is 22.6 Å². The summed E-state index contributed by atoms with van der Waals surface area (Å²) in [5.74, 6) is -0.529. The van der Waals surface area contributed by atoms with Gasteiger partial charge in [0.05, 0.1) is 11.6 Å². The lowest BCUT2D eigenvalue weighted by Gasteiger charge is -2.24. The molecule has 0 aliphatic carbocycles. The summed E-state index contributed by atoms with van der Waals surface area (Å²) in [6.07, 6.45) is 0. The van der Waals surface area contributed by atoms with Crippen LogP contribution in [-0.2, 0) is 9.59 Å². The largest absolute Gasteiger partial charge is 0.343 e. The van der Waals surface area contributed by atoms with E-state index >= 15 is 0 Å². The molecule has 1 aliphatic heterocycles. The minimum atomic E-state index is -0.974. The summed E-state index contributed by atoms with van der Waals surface area (Å²) in [5.41, 5.74) is -0.668. The van der Waals surface area contributed by atoms with E-state index in [9.17, 15) is 9.59 Å². The minimum Gasteiger partial charge on any atom is -0.343 e. The van der Waals surface area contributed by atoms with Crippen molar-refractivity contribution < 1.29 is 9.59 Å². The summed E-state index contributed by atoms with van der Waals surface area (Å²) in [6, 6.07) is -1.45. The molecule has 0 bridgehead atoms. The highest BCUT2D eigenvalue weighted by atomic mass is 16.2. The number of carbonyl (C=O) groups is 2. The monoisotopic (exact) mass is 239 g/mol. The molecule has 5 heteroatoms. The Morgan fingerprint density at radius 1 is 1.06 bits per heavy atom. The summed E-state index contributed by atoms with van der Waals surface area (Å²) in [6.45, 7) is 11.4. The predicted octanol–water partition coefficient (Wildman–Crippen LogP) is 1.72. The van der Waals surface area contributed by atoms with Gasteiger partial charge >= 0.3 is 0 Å². The molecule has 17 heavy (non-hydrogen) atoms. The van der Waals surface area contributed by atoms with Crippen molar-refractivity contribution in [1.29, 1.82) is 0 Å². The van der Waals surface area contributed by atoms with Crippen molar-refractivity contribution in [2.45, 2.75) is 59.2 Å². The van der Waals surface area contributed by atoms with E-state index in [2.05, 4.69) is 15.5 Å². The summed E-state index contributed by atoms with van der Waals surface area (Å²) in [7, 11) is 0. The molecule has 1 heterocycles. The van der Waals surface area contributed by atoms with Gasteiger partial charge in [-0.25, -0.2) is 0 Å². The lowest BCUT2D eigenvalue weighted by atomic mass is 9.85. The van der Waals surface area contributed by atoms with Crippen LogP contribution in [0.5, 0.6) is 0 Å². The Bertz CT molecular complexity index is 361. The van der Waals surface area contributed by atoms with Gasteiger partial charge in [-0.2, -0.15) is 10.2 Å². The Hall–Kier alpha value is -1.26. The first-order chi connectivity index (χ1) is 7.52. The predicted molar refractivity (Wildman–Crippen MR) is 64.8 cm³/mol. The maximum absolute atomic E-state index is 12.0. The summed E-state index contributed by atoms with van der Waals surface area (Å²) in [5, 5.41) is 10.6. The van der Waals surface area contributed by atoms with Gasteiger partial charge in [-0.1, -0.05) is 20.8 Å². The lowest BCUT2D eigenvalue weighted by Crippen LogP contribution is -2.41. The van der Waals surface area contributed by atoms with Crippen LogP contribution in [-0.4, -0.2) is 29.3 Å². The van der Waals surface area contributed by atoms with Crippen molar-refractivity contribution in [2.24, 2.45) is 15.6 Å². The van der Waals surface area contributed by atoms with Gasteiger partial charge in [-0.05, 0) is 26.2 Å². The minimum absolute atomic E-state index is 0.185.